The average Bonchev–Trinajstić information content (AvgIpc) is 2.77. The summed E-state index contributed by atoms with van der Waals surface area (Å²) < 4.78 is 5.20. The Bertz CT molecular complexity index is 651. The smallest absolute Gasteiger partial charge is 0.261 e. The third-order valence-electron chi connectivity index (χ3n) is 2.84. The number of halogens is 2. The third kappa shape index (κ3) is 2.81. The molecule has 0 aliphatic carbocycles. The van der Waals surface area contributed by atoms with E-state index in [0.717, 1.165) is 0 Å². The number of carbonyl (C=O) groups is 1. The first-order valence-corrected chi connectivity index (χ1v) is 6.89. The van der Waals surface area contributed by atoms with Crippen LogP contribution in [-0.2, 0) is 0 Å². The van der Waals surface area contributed by atoms with Gasteiger partial charge < -0.3 is 9.84 Å². The van der Waals surface area contributed by atoms with E-state index in [9.17, 15) is 4.79 Å². The normalized spacial score (nSPS) is 10.9. The fraction of sp³-hybridized carbons (Fsp3) is 0.286. The fourth-order valence-corrected chi connectivity index (χ4v) is 2.19. The summed E-state index contributed by atoms with van der Waals surface area (Å²) in [5.74, 6) is 0.307. The standard InChI is InChI=1S/C14H14Cl2N2O2/c1-7(2)13-11(8(3)18-20-13)14(19)17-10-6-4-5-9(15)12(10)16/h4-7H,1-3H3,(H,17,19). The van der Waals surface area contributed by atoms with E-state index >= 15 is 0 Å². The SMILES string of the molecule is Cc1noc(C(C)C)c1C(=O)Nc1cccc(Cl)c1Cl. The summed E-state index contributed by atoms with van der Waals surface area (Å²) in [7, 11) is 0. The van der Waals surface area contributed by atoms with Gasteiger partial charge in [-0.25, -0.2) is 0 Å². The molecule has 0 aliphatic heterocycles. The maximum atomic E-state index is 12.4. The third-order valence-corrected chi connectivity index (χ3v) is 3.66. The molecular formula is C14H14Cl2N2O2. The molecule has 0 fully saturated rings. The van der Waals surface area contributed by atoms with Gasteiger partial charge in [0.2, 0.25) is 0 Å². The van der Waals surface area contributed by atoms with Crippen LogP contribution < -0.4 is 5.32 Å². The van der Waals surface area contributed by atoms with Crippen molar-refractivity contribution in [3.63, 3.8) is 0 Å². The summed E-state index contributed by atoms with van der Waals surface area (Å²) in [6.45, 7) is 5.59. The molecule has 20 heavy (non-hydrogen) atoms. The van der Waals surface area contributed by atoms with Crippen molar-refractivity contribution in [3.8, 4) is 0 Å². The lowest BCUT2D eigenvalue weighted by Gasteiger charge is -2.09. The van der Waals surface area contributed by atoms with Crippen LogP contribution in [0, 0.1) is 6.92 Å². The Hall–Kier alpha value is -1.52. The number of carbonyl (C=O) groups excluding carboxylic acids is 1. The maximum Gasteiger partial charge on any atom is 0.261 e. The van der Waals surface area contributed by atoms with Gasteiger partial charge in [0.1, 0.15) is 5.56 Å². The Morgan fingerprint density at radius 2 is 2.05 bits per heavy atom. The minimum atomic E-state index is -0.309. The summed E-state index contributed by atoms with van der Waals surface area (Å²) in [6, 6.07) is 5.06. The summed E-state index contributed by atoms with van der Waals surface area (Å²) in [5.41, 5.74) is 1.44. The van der Waals surface area contributed by atoms with E-state index in [1.54, 1.807) is 25.1 Å². The molecule has 106 valence electrons. The average molecular weight is 313 g/mol. The molecule has 0 saturated heterocycles. The van der Waals surface area contributed by atoms with Crippen LogP contribution in [0.4, 0.5) is 5.69 Å². The zero-order valence-electron chi connectivity index (χ0n) is 11.3. The number of hydrogen-bond donors (Lipinski definition) is 1. The Morgan fingerprint density at radius 3 is 2.70 bits per heavy atom. The molecule has 0 atom stereocenters. The van der Waals surface area contributed by atoms with Gasteiger partial charge in [0.15, 0.2) is 5.76 Å². The zero-order valence-corrected chi connectivity index (χ0v) is 12.8. The van der Waals surface area contributed by atoms with Crippen molar-refractivity contribution < 1.29 is 9.32 Å². The first-order chi connectivity index (χ1) is 9.41. The Morgan fingerprint density at radius 1 is 1.35 bits per heavy atom. The van der Waals surface area contributed by atoms with Crippen LogP contribution in [0.2, 0.25) is 10.0 Å². The van der Waals surface area contributed by atoms with Gasteiger partial charge >= 0.3 is 0 Å². The molecule has 0 unspecified atom stereocenters. The highest BCUT2D eigenvalue weighted by atomic mass is 35.5. The molecule has 1 aromatic heterocycles. The Balaban J connectivity index is 2.34. The molecule has 1 amide bonds. The summed E-state index contributed by atoms with van der Waals surface area (Å²) in [6.07, 6.45) is 0. The number of anilines is 1. The van der Waals surface area contributed by atoms with Crippen LogP contribution in [0.25, 0.3) is 0 Å². The van der Waals surface area contributed by atoms with Crippen molar-refractivity contribution in [2.24, 2.45) is 0 Å². The van der Waals surface area contributed by atoms with Crippen LogP contribution in [0.3, 0.4) is 0 Å². The Labute approximate surface area is 127 Å². The van der Waals surface area contributed by atoms with Gasteiger partial charge in [-0.05, 0) is 19.1 Å². The first-order valence-electron chi connectivity index (χ1n) is 6.13. The van der Waals surface area contributed by atoms with Gasteiger partial charge in [-0.1, -0.05) is 48.3 Å². The first kappa shape index (κ1) is 14.9. The van der Waals surface area contributed by atoms with Crippen LogP contribution in [0.1, 0.15) is 41.6 Å². The predicted molar refractivity (Wildman–Crippen MR) is 79.7 cm³/mol. The summed E-state index contributed by atoms with van der Waals surface area (Å²) >= 11 is 12.0. The highest BCUT2D eigenvalue weighted by Gasteiger charge is 2.23. The number of aromatic nitrogens is 1. The Kier molecular flexibility index (Phi) is 4.35. The molecule has 1 aromatic carbocycles. The lowest BCUT2D eigenvalue weighted by molar-refractivity contribution is 0.102. The van der Waals surface area contributed by atoms with Gasteiger partial charge in [0, 0.05) is 5.92 Å². The van der Waals surface area contributed by atoms with Crippen LogP contribution in [0.15, 0.2) is 22.7 Å². The number of benzene rings is 1. The molecule has 2 aromatic rings. The molecule has 4 nitrogen and oxygen atoms in total. The van der Waals surface area contributed by atoms with Gasteiger partial charge in [-0.15, -0.1) is 0 Å². The second-order valence-corrected chi connectivity index (χ2v) is 5.50. The predicted octanol–water partition coefficient (Wildman–Crippen LogP) is 4.67. The topological polar surface area (TPSA) is 55.1 Å². The van der Waals surface area contributed by atoms with E-state index in [-0.39, 0.29) is 11.8 Å². The number of nitrogens with one attached hydrogen (secondary N) is 1. The molecule has 0 spiro atoms. The molecular weight excluding hydrogens is 299 g/mol. The number of nitrogens with zero attached hydrogens (tertiary/aromatic N) is 1. The molecule has 0 bridgehead atoms. The van der Waals surface area contributed by atoms with Gasteiger partial charge in [-0.3, -0.25) is 4.79 Å². The van der Waals surface area contributed by atoms with Crippen LogP contribution in [0.5, 0.6) is 0 Å². The van der Waals surface area contributed by atoms with Gasteiger partial charge in [-0.2, -0.15) is 0 Å². The number of hydrogen-bond acceptors (Lipinski definition) is 3. The highest BCUT2D eigenvalue weighted by Crippen LogP contribution is 2.30. The molecule has 2 rings (SSSR count). The molecule has 1 heterocycles. The van der Waals surface area contributed by atoms with Crippen LogP contribution in [-0.4, -0.2) is 11.1 Å². The van der Waals surface area contributed by atoms with Crippen molar-refractivity contribution in [1.29, 1.82) is 0 Å². The number of amides is 1. The lowest BCUT2D eigenvalue weighted by Crippen LogP contribution is -2.15. The maximum absolute atomic E-state index is 12.4. The van der Waals surface area contributed by atoms with Crippen LogP contribution >= 0.6 is 23.2 Å². The quantitative estimate of drug-likeness (QED) is 0.896. The summed E-state index contributed by atoms with van der Waals surface area (Å²) in [5, 5.41) is 7.27. The summed E-state index contributed by atoms with van der Waals surface area (Å²) in [4.78, 5) is 12.4. The van der Waals surface area contributed by atoms with E-state index in [4.69, 9.17) is 27.7 Å². The molecule has 6 heteroatoms. The number of aryl methyl sites for hydroxylation is 1. The van der Waals surface area contributed by atoms with E-state index in [2.05, 4.69) is 10.5 Å². The van der Waals surface area contributed by atoms with Crippen molar-refractivity contribution in [1.82, 2.24) is 5.16 Å². The van der Waals surface area contributed by atoms with Gasteiger partial charge in [0.25, 0.3) is 5.91 Å². The van der Waals surface area contributed by atoms with Crippen molar-refractivity contribution in [2.75, 3.05) is 5.32 Å². The highest BCUT2D eigenvalue weighted by molar-refractivity contribution is 6.44. The zero-order chi connectivity index (χ0) is 14.9. The van der Waals surface area contributed by atoms with E-state index in [1.807, 2.05) is 13.8 Å². The van der Waals surface area contributed by atoms with Crippen molar-refractivity contribution >= 4 is 34.8 Å². The van der Waals surface area contributed by atoms with E-state index in [1.165, 1.54) is 0 Å². The molecule has 0 aliphatic rings. The largest absolute Gasteiger partial charge is 0.360 e. The van der Waals surface area contributed by atoms with Gasteiger partial charge in [0.05, 0.1) is 21.4 Å². The molecule has 1 N–H and O–H groups in total. The molecule has 0 saturated carbocycles. The van der Waals surface area contributed by atoms with Crippen molar-refractivity contribution in [3.05, 3.63) is 45.3 Å². The monoisotopic (exact) mass is 312 g/mol. The minimum absolute atomic E-state index is 0.0618. The minimum Gasteiger partial charge on any atom is -0.360 e. The second-order valence-electron chi connectivity index (χ2n) is 4.72. The second kappa shape index (κ2) is 5.85. The van der Waals surface area contributed by atoms with Crippen molar-refractivity contribution in [2.45, 2.75) is 26.7 Å². The van der Waals surface area contributed by atoms with E-state index in [0.29, 0.717) is 32.8 Å². The van der Waals surface area contributed by atoms with E-state index < -0.39 is 0 Å². The molecule has 0 radical (unpaired) electrons. The number of rotatable bonds is 3. The lowest BCUT2D eigenvalue weighted by atomic mass is 10.0. The fourth-order valence-electron chi connectivity index (χ4n) is 1.84.